The Labute approximate surface area is 208 Å². The summed E-state index contributed by atoms with van der Waals surface area (Å²) in [7, 11) is 4.15. The molecule has 0 fully saturated rings. The first kappa shape index (κ1) is 27.1. The van der Waals surface area contributed by atoms with Crippen LogP contribution < -0.4 is 19.8 Å². The molecule has 0 aliphatic heterocycles. The number of benzene rings is 2. The van der Waals surface area contributed by atoms with E-state index in [1.165, 1.54) is 36.2 Å². The standard InChI is InChI=1S/C24H29FN4O6S/c1-26-36(32,33)27-20-8-6-7-15(22(20)25)13-19-17(11-12-28(2)3)18-10-9-16(34-24(31)29(4)5)14-21(18)35-23(19)30/h6-10,14,26-27H,11-13H2,1-5H3. The number of rotatable bonds is 9. The molecule has 0 saturated carbocycles. The normalized spacial score (nSPS) is 11.6. The lowest BCUT2D eigenvalue weighted by Gasteiger charge is -2.16. The predicted molar refractivity (Wildman–Crippen MR) is 135 cm³/mol. The molecule has 12 heteroatoms. The van der Waals surface area contributed by atoms with Crippen molar-refractivity contribution >= 4 is 33.0 Å². The molecule has 1 heterocycles. The van der Waals surface area contributed by atoms with Crippen LogP contribution in [0.1, 0.15) is 16.7 Å². The molecule has 0 bridgehead atoms. The molecule has 0 radical (unpaired) electrons. The van der Waals surface area contributed by atoms with Gasteiger partial charge in [0.1, 0.15) is 11.3 Å². The van der Waals surface area contributed by atoms with E-state index >= 15 is 4.39 Å². The number of nitrogens with one attached hydrogen (secondary N) is 2. The number of anilines is 1. The summed E-state index contributed by atoms with van der Waals surface area (Å²) in [6, 6.07) is 9.03. The van der Waals surface area contributed by atoms with E-state index in [0.29, 0.717) is 23.9 Å². The Morgan fingerprint density at radius 1 is 1.11 bits per heavy atom. The largest absolute Gasteiger partial charge is 0.422 e. The van der Waals surface area contributed by atoms with Gasteiger partial charge in [0.15, 0.2) is 5.82 Å². The van der Waals surface area contributed by atoms with E-state index in [2.05, 4.69) is 9.44 Å². The SMILES string of the molecule is CNS(=O)(=O)Nc1cccc(Cc2c(CCN(C)C)c3ccc(OC(=O)N(C)C)cc3oc2=O)c1F. The molecule has 10 nitrogen and oxygen atoms in total. The minimum absolute atomic E-state index is 0.112. The fraction of sp³-hybridized carbons (Fsp3) is 0.333. The van der Waals surface area contributed by atoms with Crippen LogP contribution in [-0.2, 0) is 23.1 Å². The van der Waals surface area contributed by atoms with E-state index in [-0.39, 0.29) is 34.6 Å². The van der Waals surface area contributed by atoms with Crippen molar-refractivity contribution in [2.24, 2.45) is 0 Å². The maximum atomic E-state index is 15.2. The van der Waals surface area contributed by atoms with Crippen molar-refractivity contribution in [1.82, 2.24) is 14.5 Å². The van der Waals surface area contributed by atoms with Gasteiger partial charge >= 0.3 is 11.7 Å². The Hall–Kier alpha value is -3.48. The van der Waals surface area contributed by atoms with Crippen LogP contribution in [0.15, 0.2) is 45.6 Å². The maximum Gasteiger partial charge on any atom is 0.414 e. The summed E-state index contributed by atoms with van der Waals surface area (Å²) in [6.07, 6.45) is -0.223. The van der Waals surface area contributed by atoms with Gasteiger partial charge in [-0.25, -0.2) is 18.7 Å². The highest BCUT2D eigenvalue weighted by molar-refractivity contribution is 7.90. The van der Waals surface area contributed by atoms with Crippen molar-refractivity contribution < 1.29 is 26.8 Å². The molecule has 0 aliphatic rings. The minimum Gasteiger partial charge on any atom is -0.422 e. The monoisotopic (exact) mass is 520 g/mol. The number of likely N-dealkylation sites (N-methyl/N-ethyl adjacent to an activating group) is 1. The zero-order chi connectivity index (χ0) is 26.6. The summed E-state index contributed by atoms with van der Waals surface area (Å²) in [6.45, 7) is 0.605. The second-order valence-corrected chi connectivity index (χ2v) is 10.2. The van der Waals surface area contributed by atoms with Crippen molar-refractivity contribution in [2.45, 2.75) is 12.8 Å². The first-order valence-corrected chi connectivity index (χ1v) is 12.5. The second kappa shape index (κ2) is 11.1. The highest BCUT2D eigenvalue weighted by atomic mass is 32.2. The fourth-order valence-corrected chi connectivity index (χ4v) is 4.07. The van der Waals surface area contributed by atoms with Crippen LogP contribution in [0.3, 0.4) is 0 Å². The number of hydrogen-bond donors (Lipinski definition) is 2. The lowest BCUT2D eigenvalue weighted by molar-refractivity contribution is 0.172. The Kier molecular flexibility index (Phi) is 8.33. The third kappa shape index (κ3) is 6.39. The van der Waals surface area contributed by atoms with E-state index in [1.54, 1.807) is 26.2 Å². The minimum atomic E-state index is -3.93. The van der Waals surface area contributed by atoms with E-state index < -0.39 is 27.7 Å². The molecule has 3 aromatic rings. The zero-order valence-electron chi connectivity index (χ0n) is 20.7. The van der Waals surface area contributed by atoms with Crippen molar-refractivity contribution in [3.63, 3.8) is 0 Å². The summed E-state index contributed by atoms with van der Waals surface area (Å²) in [4.78, 5) is 28.2. The Morgan fingerprint density at radius 3 is 2.47 bits per heavy atom. The van der Waals surface area contributed by atoms with Crippen LogP contribution in [0, 0.1) is 5.82 Å². The van der Waals surface area contributed by atoms with Gasteiger partial charge in [-0.2, -0.15) is 8.42 Å². The van der Waals surface area contributed by atoms with E-state index in [4.69, 9.17) is 9.15 Å². The molecule has 0 saturated heterocycles. The van der Waals surface area contributed by atoms with Gasteiger partial charge in [-0.1, -0.05) is 12.1 Å². The zero-order valence-corrected chi connectivity index (χ0v) is 21.5. The molecule has 0 atom stereocenters. The Morgan fingerprint density at radius 2 is 1.83 bits per heavy atom. The van der Waals surface area contributed by atoms with E-state index in [0.717, 1.165) is 0 Å². The molecule has 3 rings (SSSR count). The lowest BCUT2D eigenvalue weighted by atomic mass is 9.95. The molecule has 36 heavy (non-hydrogen) atoms. The summed E-state index contributed by atoms with van der Waals surface area (Å²) in [5, 5.41) is 0.628. The second-order valence-electron chi connectivity index (χ2n) is 8.59. The van der Waals surface area contributed by atoms with Gasteiger partial charge in [-0.05, 0) is 49.8 Å². The topological polar surface area (TPSA) is 121 Å². The molecular formula is C24H29FN4O6S. The summed E-state index contributed by atoms with van der Waals surface area (Å²) >= 11 is 0. The van der Waals surface area contributed by atoms with Crippen LogP contribution in [0.2, 0.25) is 0 Å². The van der Waals surface area contributed by atoms with Gasteiger partial charge in [0, 0.05) is 51.1 Å². The highest BCUT2D eigenvalue weighted by Crippen LogP contribution is 2.28. The molecule has 0 unspecified atom stereocenters. The third-order valence-electron chi connectivity index (χ3n) is 5.43. The van der Waals surface area contributed by atoms with Gasteiger partial charge in [0.25, 0.3) is 10.2 Å². The molecular weight excluding hydrogens is 491 g/mol. The Bertz CT molecular complexity index is 1440. The predicted octanol–water partition coefficient (Wildman–Crippen LogP) is 2.56. The summed E-state index contributed by atoms with van der Waals surface area (Å²) in [5.74, 6) is -0.577. The summed E-state index contributed by atoms with van der Waals surface area (Å²) in [5.41, 5.74) is 0.385. The fourth-order valence-electron chi connectivity index (χ4n) is 3.52. The molecule has 1 aromatic heterocycles. The number of carbonyl (C=O) groups excluding carboxylic acids is 1. The van der Waals surface area contributed by atoms with Gasteiger partial charge in [0.2, 0.25) is 0 Å². The molecule has 0 aliphatic carbocycles. The lowest BCUT2D eigenvalue weighted by Crippen LogP contribution is -2.27. The number of halogens is 1. The number of amides is 1. The highest BCUT2D eigenvalue weighted by Gasteiger charge is 2.20. The molecule has 2 N–H and O–H groups in total. The van der Waals surface area contributed by atoms with E-state index in [1.807, 2.05) is 19.0 Å². The quantitative estimate of drug-likeness (QED) is 0.416. The van der Waals surface area contributed by atoms with Crippen LogP contribution in [0.5, 0.6) is 5.75 Å². The van der Waals surface area contributed by atoms with E-state index in [9.17, 15) is 18.0 Å². The van der Waals surface area contributed by atoms with Crippen molar-refractivity contribution in [3.05, 3.63) is 69.3 Å². The van der Waals surface area contributed by atoms with Crippen LogP contribution in [-0.4, -0.2) is 66.1 Å². The van der Waals surface area contributed by atoms with Gasteiger partial charge in [-0.3, -0.25) is 4.72 Å². The number of fused-ring (bicyclic) bond motifs is 1. The van der Waals surface area contributed by atoms with Crippen LogP contribution in [0.4, 0.5) is 14.9 Å². The average Bonchev–Trinajstić information content (AvgIpc) is 2.80. The van der Waals surface area contributed by atoms with Gasteiger partial charge < -0.3 is 19.0 Å². The summed E-state index contributed by atoms with van der Waals surface area (Å²) < 4.78 is 53.9. The Balaban J connectivity index is 2.09. The number of carbonyl (C=O) groups is 1. The molecule has 194 valence electrons. The maximum absolute atomic E-state index is 15.2. The van der Waals surface area contributed by atoms with Gasteiger partial charge in [-0.15, -0.1) is 0 Å². The number of nitrogens with zero attached hydrogens (tertiary/aromatic N) is 2. The van der Waals surface area contributed by atoms with Crippen LogP contribution >= 0.6 is 0 Å². The first-order valence-electron chi connectivity index (χ1n) is 11.0. The van der Waals surface area contributed by atoms with Crippen molar-refractivity contribution in [3.8, 4) is 5.75 Å². The van der Waals surface area contributed by atoms with Crippen molar-refractivity contribution in [1.29, 1.82) is 0 Å². The van der Waals surface area contributed by atoms with Crippen molar-refractivity contribution in [2.75, 3.05) is 46.5 Å². The third-order valence-corrected chi connectivity index (χ3v) is 6.46. The van der Waals surface area contributed by atoms with Gasteiger partial charge in [0.05, 0.1) is 5.69 Å². The number of ether oxygens (including phenoxy) is 1. The molecule has 0 spiro atoms. The first-order chi connectivity index (χ1) is 16.9. The molecule has 1 amide bonds. The molecule has 2 aromatic carbocycles. The number of hydrogen-bond acceptors (Lipinski definition) is 7. The average molecular weight is 521 g/mol. The smallest absolute Gasteiger partial charge is 0.414 e. The van der Waals surface area contributed by atoms with Crippen LogP contribution in [0.25, 0.3) is 11.0 Å².